The maximum Gasteiger partial charge on any atom is 0.193 e. The van der Waals surface area contributed by atoms with Gasteiger partial charge in [0, 0.05) is 40.3 Å². The first kappa shape index (κ1) is 9.32. The summed E-state index contributed by atoms with van der Waals surface area (Å²) < 4.78 is 0. The largest absolute Gasteiger partial charge is 0.359 e. The summed E-state index contributed by atoms with van der Waals surface area (Å²) in [5.41, 5.74) is 0. The summed E-state index contributed by atoms with van der Waals surface area (Å²) in [4.78, 5) is 8.78. The number of aliphatic imine (C=N–C) groups is 1. The van der Waals surface area contributed by atoms with Gasteiger partial charge >= 0.3 is 0 Å². The summed E-state index contributed by atoms with van der Waals surface area (Å²) in [6.45, 7) is 4.40. The maximum absolute atomic E-state index is 4.17. The van der Waals surface area contributed by atoms with Crippen LogP contribution in [0.1, 0.15) is 0 Å². The lowest BCUT2D eigenvalue weighted by molar-refractivity contribution is 0.212. The number of rotatable bonds is 0. The highest BCUT2D eigenvalue weighted by molar-refractivity contribution is 5.79. The number of hydrogen-bond acceptors (Lipinski definition) is 2. The highest BCUT2D eigenvalue weighted by Crippen LogP contribution is 1.98. The molecule has 0 saturated carbocycles. The third-order valence-electron chi connectivity index (χ3n) is 2.24. The van der Waals surface area contributed by atoms with Gasteiger partial charge in [-0.2, -0.15) is 0 Å². The quantitative estimate of drug-likeness (QED) is 0.390. The molecule has 0 aromatic carbocycles. The maximum atomic E-state index is 4.17. The van der Waals surface area contributed by atoms with E-state index in [0.29, 0.717) is 0 Å². The van der Waals surface area contributed by atoms with Crippen molar-refractivity contribution in [3.05, 3.63) is 0 Å². The summed E-state index contributed by atoms with van der Waals surface area (Å²) in [5, 5.41) is 3.09. The average molecular weight is 170 g/mol. The summed E-state index contributed by atoms with van der Waals surface area (Å²) in [7, 11) is 5.89. The Hall–Kier alpha value is -0.770. The van der Waals surface area contributed by atoms with Crippen molar-refractivity contribution in [2.45, 2.75) is 0 Å². The predicted octanol–water partition coefficient (Wildman–Crippen LogP) is -0.561. The molecule has 0 radical (unpaired) electrons. The van der Waals surface area contributed by atoms with Crippen molar-refractivity contribution in [2.24, 2.45) is 4.99 Å². The van der Waals surface area contributed by atoms with Gasteiger partial charge in [0.15, 0.2) is 5.96 Å². The van der Waals surface area contributed by atoms with Gasteiger partial charge in [0.05, 0.1) is 0 Å². The van der Waals surface area contributed by atoms with E-state index >= 15 is 0 Å². The molecule has 0 spiro atoms. The van der Waals surface area contributed by atoms with Gasteiger partial charge in [0.25, 0.3) is 0 Å². The molecule has 4 heteroatoms. The van der Waals surface area contributed by atoms with Gasteiger partial charge in [0.2, 0.25) is 0 Å². The van der Waals surface area contributed by atoms with Crippen molar-refractivity contribution in [1.82, 2.24) is 15.1 Å². The monoisotopic (exact) mass is 170 g/mol. The van der Waals surface area contributed by atoms with Gasteiger partial charge in [0.1, 0.15) is 0 Å². The van der Waals surface area contributed by atoms with Crippen molar-refractivity contribution in [2.75, 3.05) is 47.3 Å². The van der Waals surface area contributed by atoms with E-state index in [1.165, 1.54) is 0 Å². The molecule has 70 valence electrons. The van der Waals surface area contributed by atoms with Crippen molar-refractivity contribution in [1.29, 1.82) is 0 Å². The minimum Gasteiger partial charge on any atom is -0.359 e. The van der Waals surface area contributed by atoms with Crippen LogP contribution in [0.4, 0.5) is 0 Å². The average Bonchev–Trinajstić information content (AvgIpc) is 2.10. The summed E-state index contributed by atoms with van der Waals surface area (Å²) >= 11 is 0. The van der Waals surface area contributed by atoms with Crippen molar-refractivity contribution < 1.29 is 0 Å². The molecule has 0 unspecified atom stereocenters. The van der Waals surface area contributed by atoms with Crippen molar-refractivity contribution in [3.8, 4) is 0 Å². The molecule has 0 atom stereocenters. The smallest absolute Gasteiger partial charge is 0.193 e. The van der Waals surface area contributed by atoms with E-state index in [-0.39, 0.29) is 0 Å². The Labute approximate surface area is 74.3 Å². The molecule has 1 aliphatic rings. The lowest BCUT2D eigenvalue weighted by Crippen LogP contribution is -2.50. The molecular weight excluding hydrogens is 152 g/mol. The normalized spacial score (nSPS) is 21.2. The predicted molar refractivity (Wildman–Crippen MR) is 51.5 cm³/mol. The number of guanidine groups is 1. The molecule has 0 aromatic rings. The second kappa shape index (κ2) is 4.30. The zero-order valence-corrected chi connectivity index (χ0v) is 8.17. The number of piperazine rings is 1. The van der Waals surface area contributed by atoms with Gasteiger partial charge in [-0.1, -0.05) is 0 Å². The van der Waals surface area contributed by atoms with Gasteiger partial charge in [-0.05, 0) is 7.05 Å². The summed E-state index contributed by atoms with van der Waals surface area (Å²) in [5.74, 6) is 1.00. The van der Waals surface area contributed by atoms with Crippen LogP contribution in [-0.2, 0) is 0 Å². The van der Waals surface area contributed by atoms with Gasteiger partial charge in [-0.15, -0.1) is 0 Å². The van der Waals surface area contributed by atoms with Crippen LogP contribution in [0.25, 0.3) is 0 Å². The Bertz CT molecular complexity index is 158. The molecule has 1 aliphatic heterocycles. The van der Waals surface area contributed by atoms with E-state index in [0.717, 1.165) is 32.1 Å². The Morgan fingerprint density at radius 2 is 1.83 bits per heavy atom. The third kappa shape index (κ3) is 2.11. The van der Waals surface area contributed by atoms with Crippen LogP contribution in [0.2, 0.25) is 0 Å². The highest BCUT2D eigenvalue weighted by Gasteiger charge is 2.15. The van der Waals surface area contributed by atoms with Gasteiger partial charge < -0.3 is 15.1 Å². The minimum atomic E-state index is 1.00. The van der Waals surface area contributed by atoms with E-state index < -0.39 is 0 Å². The Balaban J connectivity index is 2.43. The van der Waals surface area contributed by atoms with Crippen LogP contribution in [0.5, 0.6) is 0 Å². The van der Waals surface area contributed by atoms with Crippen LogP contribution in [0.15, 0.2) is 4.99 Å². The zero-order valence-electron chi connectivity index (χ0n) is 8.17. The summed E-state index contributed by atoms with van der Waals surface area (Å²) in [6.07, 6.45) is 0. The second-order valence-corrected chi connectivity index (χ2v) is 3.09. The molecule has 12 heavy (non-hydrogen) atoms. The number of nitrogens with one attached hydrogen (secondary N) is 1. The standard InChI is InChI=1S/C8H18N4/c1-9-8(10-2)12-6-4-11(3)5-7-12/h4-7H2,1-3H3,(H,9,10). The Morgan fingerprint density at radius 3 is 2.25 bits per heavy atom. The van der Waals surface area contributed by atoms with Crippen molar-refractivity contribution >= 4 is 5.96 Å². The van der Waals surface area contributed by atoms with E-state index in [1.807, 2.05) is 14.1 Å². The molecule has 0 amide bonds. The lowest BCUT2D eigenvalue weighted by atomic mass is 10.3. The molecule has 1 heterocycles. The van der Waals surface area contributed by atoms with E-state index in [9.17, 15) is 0 Å². The fraction of sp³-hybridized carbons (Fsp3) is 0.875. The summed E-state index contributed by atoms with van der Waals surface area (Å²) in [6, 6.07) is 0. The number of nitrogens with zero attached hydrogens (tertiary/aromatic N) is 3. The first-order valence-corrected chi connectivity index (χ1v) is 4.36. The SMILES string of the molecule is CN=C(NC)N1CCN(C)CC1. The molecule has 0 aromatic heterocycles. The van der Waals surface area contributed by atoms with Crippen LogP contribution in [0.3, 0.4) is 0 Å². The molecule has 4 nitrogen and oxygen atoms in total. The molecule has 1 rings (SSSR count). The third-order valence-corrected chi connectivity index (χ3v) is 2.24. The van der Waals surface area contributed by atoms with E-state index in [4.69, 9.17) is 0 Å². The zero-order chi connectivity index (χ0) is 8.97. The lowest BCUT2D eigenvalue weighted by Gasteiger charge is -2.34. The minimum absolute atomic E-state index is 1.00. The topological polar surface area (TPSA) is 30.9 Å². The first-order chi connectivity index (χ1) is 5.77. The molecule has 0 bridgehead atoms. The fourth-order valence-corrected chi connectivity index (χ4v) is 1.43. The highest BCUT2D eigenvalue weighted by atomic mass is 15.3. The Kier molecular flexibility index (Phi) is 3.34. The van der Waals surface area contributed by atoms with Crippen LogP contribution in [-0.4, -0.2) is 63.1 Å². The molecule has 1 N–H and O–H groups in total. The van der Waals surface area contributed by atoms with Crippen LogP contribution >= 0.6 is 0 Å². The molecule has 1 saturated heterocycles. The van der Waals surface area contributed by atoms with Crippen LogP contribution < -0.4 is 5.32 Å². The first-order valence-electron chi connectivity index (χ1n) is 4.36. The van der Waals surface area contributed by atoms with E-state index in [1.54, 1.807) is 0 Å². The number of likely N-dealkylation sites (N-methyl/N-ethyl adjacent to an activating group) is 1. The molecule has 0 aliphatic carbocycles. The number of hydrogen-bond donors (Lipinski definition) is 1. The van der Waals surface area contributed by atoms with Crippen molar-refractivity contribution in [3.63, 3.8) is 0 Å². The van der Waals surface area contributed by atoms with Gasteiger partial charge in [-0.25, -0.2) is 0 Å². The molecule has 1 fully saturated rings. The molecular formula is C8H18N4. The van der Waals surface area contributed by atoms with Gasteiger partial charge in [-0.3, -0.25) is 4.99 Å². The Morgan fingerprint density at radius 1 is 1.25 bits per heavy atom. The fourth-order valence-electron chi connectivity index (χ4n) is 1.43. The van der Waals surface area contributed by atoms with E-state index in [2.05, 4.69) is 27.2 Å². The second-order valence-electron chi connectivity index (χ2n) is 3.09. The van der Waals surface area contributed by atoms with Crippen LogP contribution in [0, 0.1) is 0 Å².